The zero-order chi connectivity index (χ0) is 17.5. The molecule has 25 heavy (non-hydrogen) atoms. The van der Waals surface area contributed by atoms with Gasteiger partial charge in [0.15, 0.2) is 5.96 Å². The zero-order valence-electron chi connectivity index (χ0n) is 15.7. The molecule has 0 fully saturated rings. The molecule has 5 nitrogen and oxygen atoms in total. The number of nitrogens with one attached hydrogen (secondary N) is 2. The van der Waals surface area contributed by atoms with Crippen LogP contribution < -0.4 is 10.6 Å². The number of rotatable bonds is 6. The maximum Gasteiger partial charge on any atom is 0.226 e. The Kier molecular flexibility index (Phi) is 8.96. The minimum absolute atomic E-state index is 0. The number of hydrogen-bond donors (Lipinski definition) is 2. The van der Waals surface area contributed by atoms with Crippen LogP contribution in [0.25, 0.3) is 11.5 Å². The lowest BCUT2D eigenvalue weighted by Crippen LogP contribution is -2.44. The van der Waals surface area contributed by atoms with Crippen LogP contribution in [-0.4, -0.2) is 30.6 Å². The number of halogens is 1. The van der Waals surface area contributed by atoms with E-state index in [9.17, 15) is 0 Å². The van der Waals surface area contributed by atoms with Gasteiger partial charge in [0, 0.05) is 31.6 Å². The summed E-state index contributed by atoms with van der Waals surface area (Å²) in [6, 6.07) is 8.56. The number of aryl methyl sites for hydroxylation is 1. The Morgan fingerprint density at radius 1 is 1.20 bits per heavy atom. The van der Waals surface area contributed by atoms with Crippen molar-refractivity contribution >= 4 is 29.9 Å². The van der Waals surface area contributed by atoms with E-state index in [1.807, 2.05) is 12.1 Å². The molecule has 2 aromatic rings. The molecule has 0 spiro atoms. The molecule has 0 saturated heterocycles. The third-order valence-electron chi connectivity index (χ3n) is 4.11. The molecule has 1 aromatic heterocycles. The Morgan fingerprint density at radius 2 is 1.88 bits per heavy atom. The normalized spacial score (nSPS) is 12.6. The summed E-state index contributed by atoms with van der Waals surface area (Å²) in [4.78, 5) is 8.81. The van der Waals surface area contributed by atoms with Gasteiger partial charge >= 0.3 is 0 Å². The van der Waals surface area contributed by atoms with Gasteiger partial charge in [-0.2, -0.15) is 0 Å². The van der Waals surface area contributed by atoms with Crippen LogP contribution in [-0.2, 0) is 6.42 Å². The fraction of sp³-hybridized carbons (Fsp3) is 0.474. The van der Waals surface area contributed by atoms with E-state index >= 15 is 0 Å². The van der Waals surface area contributed by atoms with Crippen molar-refractivity contribution in [2.75, 3.05) is 13.6 Å². The third-order valence-corrected chi connectivity index (χ3v) is 4.11. The first-order chi connectivity index (χ1) is 11.5. The Hall–Kier alpha value is -1.57. The smallest absolute Gasteiger partial charge is 0.226 e. The van der Waals surface area contributed by atoms with Crippen LogP contribution in [0.15, 0.2) is 39.9 Å². The highest BCUT2D eigenvalue weighted by atomic mass is 127. The van der Waals surface area contributed by atoms with E-state index in [-0.39, 0.29) is 24.0 Å². The van der Waals surface area contributed by atoms with E-state index in [0.717, 1.165) is 30.2 Å². The van der Waals surface area contributed by atoms with E-state index in [0.29, 0.717) is 17.9 Å². The van der Waals surface area contributed by atoms with Gasteiger partial charge in [-0.3, -0.25) is 4.99 Å². The molecular formula is C19H29IN4O. The van der Waals surface area contributed by atoms with Crippen LogP contribution in [0.3, 0.4) is 0 Å². The van der Waals surface area contributed by atoms with Crippen molar-refractivity contribution in [2.45, 2.75) is 40.2 Å². The zero-order valence-corrected chi connectivity index (χ0v) is 18.0. The van der Waals surface area contributed by atoms with Crippen LogP contribution in [0, 0.1) is 12.8 Å². The highest BCUT2D eigenvalue weighted by Crippen LogP contribution is 2.19. The van der Waals surface area contributed by atoms with Gasteiger partial charge in [-0.15, -0.1) is 24.0 Å². The lowest BCUT2D eigenvalue weighted by atomic mass is 10.1. The van der Waals surface area contributed by atoms with Gasteiger partial charge in [-0.1, -0.05) is 31.5 Å². The molecule has 1 atom stereocenters. The fourth-order valence-electron chi connectivity index (χ4n) is 2.14. The summed E-state index contributed by atoms with van der Waals surface area (Å²) in [6.07, 6.45) is 2.51. The van der Waals surface area contributed by atoms with Crippen molar-refractivity contribution in [3.8, 4) is 11.5 Å². The summed E-state index contributed by atoms with van der Waals surface area (Å²) in [6.45, 7) is 9.35. The number of oxazole rings is 1. The summed E-state index contributed by atoms with van der Waals surface area (Å²) < 4.78 is 5.59. The van der Waals surface area contributed by atoms with Gasteiger partial charge in [0.05, 0.1) is 5.69 Å². The van der Waals surface area contributed by atoms with E-state index < -0.39 is 0 Å². The monoisotopic (exact) mass is 456 g/mol. The highest BCUT2D eigenvalue weighted by Gasteiger charge is 2.10. The van der Waals surface area contributed by atoms with E-state index in [2.05, 4.69) is 60.4 Å². The molecular weight excluding hydrogens is 427 g/mol. The fourth-order valence-corrected chi connectivity index (χ4v) is 2.14. The molecule has 0 aliphatic carbocycles. The second-order valence-corrected chi connectivity index (χ2v) is 6.44. The lowest BCUT2D eigenvalue weighted by molar-refractivity contribution is 0.481. The minimum Gasteiger partial charge on any atom is -0.444 e. The minimum atomic E-state index is 0. The van der Waals surface area contributed by atoms with E-state index in [4.69, 9.17) is 4.42 Å². The predicted octanol–water partition coefficient (Wildman–Crippen LogP) is 4.02. The Morgan fingerprint density at radius 3 is 2.48 bits per heavy atom. The number of aliphatic imine (C=N–C) groups is 1. The molecule has 1 heterocycles. The van der Waals surface area contributed by atoms with Crippen molar-refractivity contribution in [1.82, 2.24) is 15.6 Å². The molecule has 0 bridgehead atoms. The molecule has 0 saturated carbocycles. The molecule has 0 aliphatic rings. The summed E-state index contributed by atoms with van der Waals surface area (Å²) >= 11 is 0. The van der Waals surface area contributed by atoms with Crippen molar-refractivity contribution in [1.29, 1.82) is 0 Å². The second-order valence-electron chi connectivity index (χ2n) is 6.44. The molecule has 1 unspecified atom stereocenters. The van der Waals surface area contributed by atoms with Gasteiger partial charge in [0.1, 0.15) is 6.26 Å². The molecule has 0 amide bonds. The van der Waals surface area contributed by atoms with E-state index in [1.165, 1.54) is 5.56 Å². The van der Waals surface area contributed by atoms with Crippen molar-refractivity contribution in [3.05, 3.63) is 41.8 Å². The van der Waals surface area contributed by atoms with Crippen molar-refractivity contribution in [3.63, 3.8) is 0 Å². The van der Waals surface area contributed by atoms with Gasteiger partial charge in [-0.25, -0.2) is 4.98 Å². The van der Waals surface area contributed by atoms with Crippen LogP contribution in [0.2, 0.25) is 0 Å². The van der Waals surface area contributed by atoms with E-state index in [1.54, 1.807) is 13.3 Å². The molecule has 6 heteroatoms. The quantitative estimate of drug-likeness (QED) is 0.392. The summed E-state index contributed by atoms with van der Waals surface area (Å²) in [7, 11) is 1.79. The molecule has 2 rings (SSSR count). The number of aromatic nitrogens is 1. The second kappa shape index (κ2) is 10.4. The maximum atomic E-state index is 5.59. The lowest BCUT2D eigenvalue weighted by Gasteiger charge is -2.20. The topological polar surface area (TPSA) is 62.5 Å². The van der Waals surface area contributed by atoms with Gasteiger partial charge in [-0.05, 0) is 31.9 Å². The van der Waals surface area contributed by atoms with Crippen molar-refractivity contribution < 1.29 is 4.42 Å². The van der Waals surface area contributed by atoms with Crippen molar-refractivity contribution in [2.24, 2.45) is 10.9 Å². The first-order valence-electron chi connectivity index (χ1n) is 8.48. The largest absolute Gasteiger partial charge is 0.444 e. The first-order valence-corrected chi connectivity index (χ1v) is 8.48. The summed E-state index contributed by atoms with van der Waals surface area (Å²) in [5, 5.41) is 6.70. The molecule has 138 valence electrons. The number of nitrogens with zero attached hydrogens (tertiary/aromatic N) is 2. The van der Waals surface area contributed by atoms with Crippen LogP contribution in [0.4, 0.5) is 0 Å². The number of hydrogen-bond acceptors (Lipinski definition) is 3. The van der Waals surface area contributed by atoms with Gasteiger partial charge in [0.25, 0.3) is 0 Å². The Bertz CT molecular complexity index is 664. The Balaban J connectivity index is 0.00000312. The highest BCUT2D eigenvalue weighted by molar-refractivity contribution is 14.0. The van der Waals surface area contributed by atoms with Crippen LogP contribution in [0.5, 0.6) is 0 Å². The maximum absolute atomic E-state index is 5.59. The van der Waals surface area contributed by atoms with Crippen LogP contribution >= 0.6 is 24.0 Å². The summed E-state index contributed by atoms with van der Waals surface area (Å²) in [5.41, 5.74) is 3.16. The van der Waals surface area contributed by atoms with Gasteiger partial charge in [0.2, 0.25) is 5.89 Å². The predicted molar refractivity (Wildman–Crippen MR) is 115 cm³/mol. The summed E-state index contributed by atoms with van der Waals surface area (Å²) in [5.74, 6) is 2.04. The average molecular weight is 456 g/mol. The third kappa shape index (κ3) is 6.68. The SMILES string of the molecule is CN=C(NCCc1coc(-c2ccc(C)cc2)n1)NC(C)C(C)C.I. The number of guanidine groups is 1. The Labute approximate surface area is 167 Å². The molecule has 2 N–H and O–H groups in total. The molecule has 0 aliphatic heterocycles. The number of benzene rings is 1. The van der Waals surface area contributed by atoms with Crippen LogP contribution in [0.1, 0.15) is 32.0 Å². The first kappa shape index (κ1) is 21.5. The standard InChI is InChI=1S/C19H28N4O.HI/c1-13(2)15(4)22-19(20-5)21-11-10-17-12-24-18(23-17)16-8-6-14(3)7-9-16;/h6-9,12-13,15H,10-11H2,1-5H3,(H2,20,21,22);1H. The molecule has 0 radical (unpaired) electrons. The van der Waals surface area contributed by atoms with Gasteiger partial charge < -0.3 is 15.1 Å². The average Bonchev–Trinajstić information content (AvgIpc) is 3.03. The molecule has 1 aromatic carbocycles.